The highest BCUT2D eigenvalue weighted by molar-refractivity contribution is 7.17. The summed E-state index contributed by atoms with van der Waals surface area (Å²) in [6, 6.07) is 22.3. The van der Waals surface area contributed by atoms with E-state index in [9.17, 15) is 9.59 Å². The lowest BCUT2D eigenvalue weighted by Gasteiger charge is -2.10. The lowest BCUT2D eigenvalue weighted by molar-refractivity contribution is 0.100. The number of fused-ring (bicyclic) bond motifs is 1. The van der Waals surface area contributed by atoms with E-state index in [1.165, 1.54) is 11.3 Å². The van der Waals surface area contributed by atoms with Crippen molar-refractivity contribution in [2.75, 3.05) is 17.2 Å². The summed E-state index contributed by atoms with van der Waals surface area (Å²) in [6.45, 7) is 2.42. The molecule has 10 heteroatoms. The van der Waals surface area contributed by atoms with Crippen LogP contribution in [-0.4, -0.2) is 37.8 Å². The SMILES string of the molecule is Cc1ncc(-c2ccc(C(=O)Nc3nc4cc(NCC(=O)c5ccccc5)ccc4n3Cc3ccncc3)s2)o1. The number of amides is 1. The molecule has 0 aliphatic carbocycles. The van der Waals surface area contributed by atoms with E-state index in [0.29, 0.717) is 40.1 Å². The van der Waals surface area contributed by atoms with Crippen LogP contribution in [-0.2, 0) is 6.54 Å². The molecule has 6 aromatic rings. The molecule has 0 aliphatic heterocycles. The van der Waals surface area contributed by atoms with Gasteiger partial charge < -0.3 is 14.3 Å². The number of aryl methyl sites for hydroxylation is 1. The number of oxazole rings is 1. The highest BCUT2D eigenvalue weighted by atomic mass is 32.1. The molecule has 0 unspecified atom stereocenters. The first kappa shape index (κ1) is 25.2. The van der Waals surface area contributed by atoms with Gasteiger partial charge >= 0.3 is 0 Å². The molecular formula is C30H24N6O3S. The maximum atomic E-state index is 13.3. The van der Waals surface area contributed by atoms with Crippen LogP contribution in [0.15, 0.2) is 95.8 Å². The van der Waals surface area contributed by atoms with Crippen molar-refractivity contribution in [2.24, 2.45) is 0 Å². The minimum absolute atomic E-state index is 0.00678. The summed E-state index contributed by atoms with van der Waals surface area (Å²) in [5, 5.41) is 6.18. The van der Waals surface area contributed by atoms with Crippen LogP contribution in [0.2, 0.25) is 0 Å². The van der Waals surface area contributed by atoms with Crippen LogP contribution in [0.4, 0.5) is 11.6 Å². The Kier molecular flexibility index (Phi) is 6.90. The fourth-order valence-electron chi connectivity index (χ4n) is 4.31. The number of thiophene rings is 1. The van der Waals surface area contributed by atoms with Crippen LogP contribution in [0.3, 0.4) is 0 Å². The van der Waals surface area contributed by atoms with Gasteiger partial charge in [-0.1, -0.05) is 30.3 Å². The minimum atomic E-state index is -0.273. The molecule has 4 aromatic heterocycles. The number of ketones is 1. The molecule has 4 heterocycles. The number of pyridine rings is 1. The fourth-order valence-corrected chi connectivity index (χ4v) is 5.15. The number of Topliss-reactive ketones (excluding diaryl/α,β-unsaturated/α-hetero) is 1. The number of rotatable bonds is 9. The van der Waals surface area contributed by atoms with Gasteiger partial charge in [0, 0.05) is 30.6 Å². The van der Waals surface area contributed by atoms with Crippen LogP contribution in [0.5, 0.6) is 0 Å². The third kappa shape index (κ3) is 5.38. The summed E-state index contributed by atoms with van der Waals surface area (Å²) >= 11 is 1.32. The average molecular weight is 549 g/mol. The maximum Gasteiger partial charge on any atom is 0.268 e. The number of imidazole rings is 1. The number of benzene rings is 2. The van der Waals surface area contributed by atoms with Gasteiger partial charge in [-0.25, -0.2) is 9.97 Å². The Hall–Kier alpha value is -5.09. The number of aromatic nitrogens is 4. The number of carbonyl (C=O) groups excluding carboxylic acids is 2. The number of anilines is 2. The van der Waals surface area contributed by atoms with Crippen LogP contribution >= 0.6 is 11.3 Å². The Labute approximate surface area is 233 Å². The zero-order valence-corrected chi connectivity index (χ0v) is 22.3. The van der Waals surface area contributed by atoms with Crippen LogP contribution in [0.25, 0.3) is 21.7 Å². The largest absolute Gasteiger partial charge is 0.440 e. The molecule has 198 valence electrons. The molecule has 6 rings (SSSR count). The third-order valence-corrected chi connectivity index (χ3v) is 7.40. The Morgan fingerprint density at radius 2 is 1.82 bits per heavy atom. The van der Waals surface area contributed by atoms with Crippen LogP contribution in [0.1, 0.15) is 31.5 Å². The molecule has 0 atom stereocenters. The predicted octanol–water partition coefficient (Wildman–Crippen LogP) is 6.05. The first-order valence-electron chi connectivity index (χ1n) is 12.6. The van der Waals surface area contributed by atoms with Gasteiger partial charge in [0.15, 0.2) is 17.4 Å². The van der Waals surface area contributed by atoms with Crippen molar-refractivity contribution in [1.82, 2.24) is 19.5 Å². The number of nitrogens with one attached hydrogen (secondary N) is 2. The maximum absolute atomic E-state index is 13.3. The number of carbonyl (C=O) groups is 2. The van der Waals surface area contributed by atoms with Gasteiger partial charge in [-0.2, -0.15) is 0 Å². The highest BCUT2D eigenvalue weighted by Gasteiger charge is 2.18. The van der Waals surface area contributed by atoms with E-state index in [2.05, 4.69) is 20.6 Å². The number of nitrogens with zero attached hydrogens (tertiary/aromatic N) is 4. The van der Waals surface area contributed by atoms with Gasteiger partial charge in [0.05, 0.1) is 40.1 Å². The topological polar surface area (TPSA) is 115 Å². The summed E-state index contributed by atoms with van der Waals surface area (Å²) in [4.78, 5) is 40.1. The van der Waals surface area contributed by atoms with Crippen molar-refractivity contribution in [3.63, 3.8) is 0 Å². The van der Waals surface area contributed by atoms with Crippen molar-refractivity contribution in [2.45, 2.75) is 13.5 Å². The summed E-state index contributed by atoms with van der Waals surface area (Å²) < 4.78 is 7.55. The van der Waals surface area contributed by atoms with Gasteiger partial charge in [-0.15, -0.1) is 11.3 Å². The molecule has 9 nitrogen and oxygen atoms in total. The van der Waals surface area contributed by atoms with Gasteiger partial charge in [0.1, 0.15) is 0 Å². The number of hydrogen-bond acceptors (Lipinski definition) is 8. The molecule has 0 saturated carbocycles. The van der Waals surface area contributed by atoms with E-state index in [1.807, 2.05) is 59.2 Å². The molecule has 0 fully saturated rings. The second-order valence-corrected chi connectivity index (χ2v) is 10.2. The Bertz CT molecular complexity index is 1810. The molecular weight excluding hydrogens is 524 g/mol. The van der Waals surface area contributed by atoms with E-state index in [-0.39, 0.29) is 18.2 Å². The van der Waals surface area contributed by atoms with Crippen molar-refractivity contribution in [1.29, 1.82) is 0 Å². The smallest absolute Gasteiger partial charge is 0.268 e. The van der Waals surface area contributed by atoms with Gasteiger partial charge in [0.25, 0.3) is 5.91 Å². The van der Waals surface area contributed by atoms with E-state index in [1.54, 1.807) is 43.7 Å². The first-order valence-corrected chi connectivity index (χ1v) is 13.4. The summed E-state index contributed by atoms with van der Waals surface area (Å²) in [6.07, 6.45) is 5.11. The van der Waals surface area contributed by atoms with Crippen molar-refractivity contribution >= 4 is 45.7 Å². The Morgan fingerprint density at radius 3 is 2.60 bits per heavy atom. The van der Waals surface area contributed by atoms with E-state index in [4.69, 9.17) is 9.40 Å². The molecule has 0 radical (unpaired) electrons. The third-order valence-electron chi connectivity index (χ3n) is 6.31. The second-order valence-electron chi connectivity index (χ2n) is 9.08. The minimum Gasteiger partial charge on any atom is -0.440 e. The van der Waals surface area contributed by atoms with Crippen LogP contribution < -0.4 is 10.6 Å². The van der Waals surface area contributed by atoms with E-state index < -0.39 is 0 Å². The lowest BCUT2D eigenvalue weighted by Crippen LogP contribution is -2.15. The standard InChI is InChI=1S/C30H24N6O3S/c1-19-32-17-26(39-19)27-9-10-28(40-27)29(38)35-30-34-23-15-22(33-16-25(37)21-5-3-2-4-6-21)7-8-24(23)36(30)18-20-11-13-31-14-12-20/h2-15,17,33H,16,18H2,1H3,(H,34,35,38). The predicted molar refractivity (Wildman–Crippen MR) is 155 cm³/mol. The average Bonchev–Trinajstić information content (AvgIpc) is 3.72. The molecule has 0 aliphatic rings. The van der Waals surface area contributed by atoms with E-state index in [0.717, 1.165) is 21.6 Å². The van der Waals surface area contributed by atoms with Gasteiger partial charge in [-0.3, -0.25) is 19.9 Å². The normalized spacial score (nSPS) is 11.0. The zero-order chi connectivity index (χ0) is 27.5. The molecule has 2 N–H and O–H groups in total. The molecule has 2 aromatic carbocycles. The fraction of sp³-hybridized carbons (Fsp3) is 0.100. The highest BCUT2D eigenvalue weighted by Crippen LogP contribution is 2.30. The van der Waals surface area contributed by atoms with Crippen LogP contribution in [0, 0.1) is 6.92 Å². The van der Waals surface area contributed by atoms with Crippen molar-refractivity contribution in [3.8, 4) is 10.6 Å². The molecule has 1 amide bonds. The monoisotopic (exact) mass is 548 g/mol. The number of hydrogen-bond donors (Lipinski definition) is 2. The molecule has 40 heavy (non-hydrogen) atoms. The summed E-state index contributed by atoms with van der Waals surface area (Å²) in [5.74, 6) is 1.33. The zero-order valence-electron chi connectivity index (χ0n) is 21.5. The Morgan fingerprint density at radius 1 is 1.00 bits per heavy atom. The quantitative estimate of drug-likeness (QED) is 0.211. The van der Waals surface area contributed by atoms with Gasteiger partial charge in [0.2, 0.25) is 5.95 Å². The first-order chi connectivity index (χ1) is 19.5. The molecule has 0 spiro atoms. The second kappa shape index (κ2) is 11.0. The summed E-state index contributed by atoms with van der Waals surface area (Å²) in [5.41, 5.74) is 3.95. The van der Waals surface area contributed by atoms with E-state index >= 15 is 0 Å². The molecule has 0 saturated heterocycles. The molecule has 0 bridgehead atoms. The van der Waals surface area contributed by atoms with Crippen molar-refractivity contribution in [3.05, 3.63) is 113 Å². The lowest BCUT2D eigenvalue weighted by atomic mass is 10.1. The van der Waals surface area contributed by atoms with Crippen molar-refractivity contribution < 1.29 is 14.0 Å². The Balaban J connectivity index is 1.27. The van der Waals surface area contributed by atoms with Gasteiger partial charge in [-0.05, 0) is 48.0 Å². The summed E-state index contributed by atoms with van der Waals surface area (Å²) in [7, 11) is 0.